The van der Waals surface area contributed by atoms with Gasteiger partial charge in [0.2, 0.25) is 11.8 Å². The molecule has 2 rings (SSSR count). The number of esters is 1. The number of ether oxygens (including phenoxy) is 1. The fourth-order valence-corrected chi connectivity index (χ4v) is 2.84. The first-order valence-electron chi connectivity index (χ1n) is 8.88. The van der Waals surface area contributed by atoms with E-state index in [0.717, 1.165) is 24.8 Å². The quantitative estimate of drug-likeness (QED) is 0.577. The Morgan fingerprint density at radius 2 is 2.00 bits per heavy atom. The molecule has 0 bridgehead atoms. The minimum absolute atomic E-state index is 0.0656. The van der Waals surface area contributed by atoms with Gasteiger partial charge in [0.15, 0.2) is 0 Å². The normalized spacial score (nSPS) is 17.1. The predicted octanol–water partition coefficient (Wildman–Crippen LogP) is 2.03. The van der Waals surface area contributed by atoms with Gasteiger partial charge in [-0.1, -0.05) is 50.1 Å². The number of piperazine rings is 1. The molecule has 6 heteroatoms. The Balaban J connectivity index is 1.89. The van der Waals surface area contributed by atoms with Gasteiger partial charge in [-0.2, -0.15) is 0 Å². The van der Waals surface area contributed by atoms with E-state index in [0.29, 0.717) is 19.5 Å². The second-order valence-electron chi connectivity index (χ2n) is 6.20. The number of rotatable bonds is 8. The average molecular weight is 346 g/mol. The summed E-state index contributed by atoms with van der Waals surface area (Å²) < 4.78 is 5.25. The van der Waals surface area contributed by atoms with E-state index in [-0.39, 0.29) is 24.8 Å². The molecule has 1 aliphatic heterocycles. The molecule has 1 N–H and O–H groups in total. The molecule has 1 aliphatic rings. The van der Waals surface area contributed by atoms with Crippen molar-refractivity contribution in [1.82, 2.24) is 10.2 Å². The first-order chi connectivity index (χ1) is 12.1. The summed E-state index contributed by atoms with van der Waals surface area (Å²) in [5, 5.41) is 2.72. The minimum atomic E-state index is -0.772. The zero-order valence-electron chi connectivity index (χ0n) is 14.7. The zero-order chi connectivity index (χ0) is 18.1. The summed E-state index contributed by atoms with van der Waals surface area (Å²) in [6, 6.07) is 8.59. The molecule has 0 unspecified atom stereocenters. The molecule has 0 spiro atoms. The van der Waals surface area contributed by atoms with Crippen molar-refractivity contribution in [3.63, 3.8) is 0 Å². The minimum Gasteiger partial charge on any atom is -0.461 e. The lowest BCUT2D eigenvalue weighted by molar-refractivity contribution is -0.152. The number of unbranched alkanes of at least 4 members (excludes halogenated alkanes) is 2. The molecule has 136 valence electrons. The van der Waals surface area contributed by atoms with E-state index in [1.54, 1.807) is 0 Å². The van der Waals surface area contributed by atoms with Crippen molar-refractivity contribution in [1.29, 1.82) is 0 Å². The lowest BCUT2D eigenvalue weighted by Crippen LogP contribution is -2.57. The van der Waals surface area contributed by atoms with Gasteiger partial charge in [0.1, 0.15) is 12.6 Å². The van der Waals surface area contributed by atoms with Crippen molar-refractivity contribution < 1.29 is 19.1 Å². The summed E-state index contributed by atoms with van der Waals surface area (Å²) in [5.41, 5.74) is 0.886. The molecule has 1 fully saturated rings. The number of hydrogen-bond acceptors (Lipinski definition) is 4. The Hall–Kier alpha value is -2.37. The summed E-state index contributed by atoms with van der Waals surface area (Å²) in [6.07, 6.45) is 3.12. The monoisotopic (exact) mass is 346 g/mol. The molecule has 2 amide bonds. The predicted molar refractivity (Wildman–Crippen MR) is 93.5 cm³/mol. The van der Waals surface area contributed by atoms with E-state index in [1.807, 2.05) is 30.3 Å². The van der Waals surface area contributed by atoms with E-state index in [1.165, 1.54) is 4.90 Å². The molecule has 1 atom stereocenters. The summed E-state index contributed by atoms with van der Waals surface area (Å²) in [6.45, 7) is 3.10. The molecule has 1 saturated heterocycles. The molecule has 0 aliphatic carbocycles. The van der Waals surface area contributed by atoms with Crippen LogP contribution < -0.4 is 5.32 Å². The highest BCUT2D eigenvalue weighted by molar-refractivity contribution is 5.91. The van der Waals surface area contributed by atoms with Crippen LogP contribution in [0.4, 0.5) is 0 Å². The zero-order valence-corrected chi connectivity index (χ0v) is 14.7. The second-order valence-corrected chi connectivity index (χ2v) is 6.20. The van der Waals surface area contributed by atoms with E-state index < -0.39 is 12.0 Å². The number of nitrogens with one attached hydrogen (secondary N) is 1. The largest absolute Gasteiger partial charge is 0.461 e. The summed E-state index contributed by atoms with van der Waals surface area (Å²) in [5.74, 6) is -0.826. The topological polar surface area (TPSA) is 75.7 Å². The Morgan fingerprint density at radius 3 is 2.72 bits per heavy atom. The number of benzene rings is 1. The maximum atomic E-state index is 12.4. The van der Waals surface area contributed by atoms with Crippen LogP contribution in [-0.2, 0) is 25.7 Å². The Kier molecular flexibility index (Phi) is 7.44. The number of carbonyl (C=O) groups is 3. The van der Waals surface area contributed by atoms with Crippen LogP contribution in [0, 0.1) is 0 Å². The van der Waals surface area contributed by atoms with Gasteiger partial charge in [-0.15, -0.1) is 0 Å². The van der Waals surface area contributed by atoms with Crippen LogP contribution in [-0.4, -0.2) is 41.8 Å². The molecule has 6 nitrogen and oxygen atoms in total. The maximum Gasteiger partial charge on any atom is 0.308 e. The smallest absolute Gasteiger partial charge is 0.308 e. The highest BCUT2D eigenvalue weighted by Crippen LogP contribution is 2.14. The van der Waals surface area contributed by atoms with Gasteiger partial charge in [-0.3, -0.25) is 14.4 Å². The second kappa shape index (κ2) is 9.81. The molecule has 1 heterocycles. The average Bonchev–Trinajstić information content (AvgIpc) is 2.62. The maximum absolute atomic E-state index is 12.4. The van der Waals surface area contributed by atoms with Gasteiger partial charge < -0.3 is 15.0 Å². The highest BCUT2D eigenvalue weighted by Gasteiger charge is 2.34. The van der Waals surface area contributed by atoms with Gasteiger partial charge >= 0.3 is 5.97 Å². The fraction of sp³-hybridized carbons (Fsp3) is 0.526. The van der Waals surface area contributed by atoms with Crippen LogP contribution in [0.1, 0.15) is 44.6 Å². The van der Waals surface area contributed by atoms with Gasteiger partial charge in [0, 0.05) is 19.5 Å². The summed E-state index contributed by atoms with van der Waals surface area (Å²) >= 11 is 0. The van der Waals surface area contributed by atoms with Crippen LogP contribution in [0.25, 0.3) is 0 Å². The Labute approximate surface area is 148 Å². The third-order valence-electron chi connectivity index (χ3n) is 4.25. The third-order valence-corrected chi connectivity index (χ3v) is 4.25. The van der Waals surface area contributed by atoms with E-state index in [2.05, 4.69) is 12.2 Å². The van der Waals surface area contributed by atoms with Gasteiger partial charge in [0.25, 0.3) is 0 Å². The van der Waals surface area contributed by atoms with Crippen molar-refractivity contribution in [2.45, 2.75) is 51.7 Å². The van der Waals surface area contributed by atoms with Crippen LogP contribution in [0.5, 0.6) is 0 Å². The lowest BCUT2D eigenvalue weighted by Gasteiger charge is -2.34. The number of nitrogens with zero attached hydrogens (tertiary/aromatic N) is 1. The molecule has 1 aromatic carbocycles. The first kappa shape index (κ1) is 19.0. The highest BCUT2D eigenvalue weighted by atomic mass is 16.5. The summed E-state index contributed by atoms with van der Waals surface area (Å²) in [7, 11) is 0. The van der Waals surface area contributed by atoms with Crippen LogP contribution in [0.2, 0.25) is 0 Å². The van der Waals surface area contributed by atoms with Crippen molar-refractivity contribution in [3.8, 4) is 0 Å². The standard InChI is InChI=1S/C19H26N2O4/c1-2-3-5-10-17(22)21-12-11-20-19(24)16(21)13-18(23)25-14-15-8-6-4-7-9-15/h4,6-9,16H,2-3,5,10-14H2,1H3,(H,20,24)/t16-/m1/s1. The van der Waals surface area contributed by atoms with E-state index >= 15 is 0 Å². The summed E-state index contributed by atoms with van der Waals surface area (Å²) in [4.78, 5) is 38.2. The lowest BCUT2D eigenvalue weighted by atomic mass is 10.1. The van der Waals surface area contributed by atoms with Crippen LogP contribution in [0.3, 0.4) is 0 Å². The molecule has 0 saturated carbocycles. The number of carbonyl (C=O) groups excluding carboxylic acids is 3. The number of hydrogen-bond donors (Lipinski definition) is 1. The number of amides is 2. The Morgan fingerprint density at radius 1 is 1.24 bits per heavy atom. The molecule has 25 heavy (non-hydrogen) atoms. The van der Waals surface area contributed by atoms with Crippen molar-refractivity contribution >= 4 is 17.8 Å². The van der Waals surface area contributed by atoms with Crippen LogP contribution in [0.15, 0.2) is 30.3 Å². The molecule has 0 aromatic heterocycles. The molecular weight excluding hydrogens is 320 g/mol. The van der Waals surface area contributed by atoms with Gasteiger partial charge in [-0.25, -0.2) is 0 Å². The Bertz CT molecular complexity index is 588. The van der Waals surface area contributed by atoms with Crippen LogP contribution >= 0.6 is 0 Å². The van der Waals surface area contributed by atoms with Gasteiger partial charge in [0.05, 0.1) is 6.42 Å². The van der Waals surface area contributed by atoms with Crippen molar-refractivity contribution in [2.24, 2.45) is 0 Å². The first-order valence-corrected chi connectivity index (χ1v) is 8.88. The molecule has 0 radical (unpaired) electrons. The van der Waals surface area contributed by atoms with E-state index in [9.17, 15) is 14.4 Å². The third kappa shape index (κ3) is 5.89. The van der Waals surface area contributed by atoms with E-state index in [4.69, 9.17) is 4.74 Å². The SMILES string of the molecule is CCCCCC(=O)N1CCNC(=O)[C@H]1CC(=O)OCc1ccccc1. The molecule has 1 aromatic rings. The fourth-order valence-electron chi connectivity index (χ4n) is 2.84. The van der Waals surface area contributed by atoms with Crippen molar-refractivity contribution in [3.05, 3.63) is 35.9 Å². The van der Waals surface area contributed by atoms with Gasteiger partial charge in [-0.05, 0) is 12.0 Å². The molecular formula is C19H26N2O4. The van der Waals surface area contributed by atoms with Crippen molar-refractivity contribution in [2.75, 3.05) is 13.1 Å².